The van der Waals surface area contributed by atoms with Crippen molar-refractivity contribution in [2.75, 3.05) is 6.54 Å². The van der Waals surface area contributed by atoms with E-state index in [4.69, 9.17) is 0 Å². The molecule has 0 aliphatic heterocycles. The third kappa shape index (κ3) is 4.04. The zero-order valence-corrected chi connectivity index (χ0v) is 13.8. The number of carbonyl (C=O) groups is 1. The number of pyridine rings is 1. The number of hydrogen-bond donors (Lipinski definition) is 0. The normalized spacial score (nSPS) is 11.6. The third-order valence-corrected chi connectivity index (χ3v) is 5.15. The van der Waals surface area contributed by atoms with Gasteiger partial charge < -0.3 is 0 Å². The van der Waals surface area contributed by atoms with Gasteiger partial charge in [-0.15, -0.1) is 0 Å². The number of likely N-dealkylation sites (N-methyl/N-ethyl adjacent to an activating group) is 1. The summed E-state index contributed by atoms with van der Waals surface area (Å²) < 4.78 is 26.0. The second-order valence-electron chi connectivity index (χ2n) is 4.93. The summed E-state index contributed by atoms with van der Waals surface area (Å²) in [6.45, 7) is 3.57. The maximum atomic E-state index is 12.6. The molecule has 0 saturated carbocycles. The average Bonchev–Trinajstić information content (AvgIpc) is 2.54. The minimum absolute atomic E-state index is 0.0652. The zero-order valence-electron chi connectivity index (χ0n) is 13.0. The highest BCUT2D eigenvalue weighted by Gasteiger charge is 2.26. The largest absolute Gasteiger partial charge is 0.269 e. The van der Waals surface area contributed by atoms with Gasteiger partial charge in [0, 0.05) is 25.0 Å². The van der Waals surface area contributed by atoms with Crippen molar-refractivity contribution >= 4 is 22.0 Å². The number of benzene rings is 1. The molecule has 0 aliphatic carbocycles. The molecule has 1 heterocycles. The Kier molecular flexibility index (Phi) is 5.28. The average molecular weight is 330 g/mol. The van der Waals surface area contributed by atoms with Crippen molar-refractivity contribution in [2.45, 2.75) is 18.7 Å². The lowest BCUT2D eigenvalue weighted by Crippen LogP contribution is -2.35. The molecule has 2 rings (SSSR count). The topological polar surface area (TPSA) is 67.3 Å². The fraction of sp³-hybridized carbons (Fsp3) is 0.176. The molecule has 120 valence electrons. The molecule has 1 aromatic carbocycles. The fourth-order valence-electron chi connectivity index (χ4n) is 2.01. The molecule has 23 heavy (non-hydrogen) atoms. The van der Waals surface area contributed by atoms with Crippen molar-refractivity contribution in [2.24, 2.45) is 0 Å². The van der Waals surface area contributed by atoms with Crippen LogP contribution in [0.4, 0.5) is 0 Å². The SMILES string of the molecule is CCN(C(=O)C=Cc1ccncc1)S(=O)(=O)c1ccc(C)cc1. The molecule has 0 aliphatic rings. The Morgan fingerprint density at radius 2 is 1.74 bits per heavy atom. The molecule has 0 radical (unpaired) electrons. The summed E-state index contributed by atoms with van der Waals surface area (Å²) in [7, 11) is -3.85. The van der Waals surface area contributed by atoms with Crippen LogP contribution in [0.25, 0.3) is 6.08 Å². The van der Waals surface area contributed by atoms with Crippen molar-refractivity contribution in [3.8, 4) is 0 Å². The van der Waals surface area contributed by atoms with Crippen LogP contribution >= 0.6 is 0 Å². The van der Waals surface area contributed by atoms with E-state index >= 15 is 0 Å². The van der Waals surface area contributed by atoms with Crippen molar-refractivity contribution in [1.82, 2.24) is 9.29 Å². The lowest BCUT2D eigenvalue weighted by Gasteiger charge is -2.19. The monoisotopic (exact) mass is 330 g/mol. The van der Waals surface area contributed by atoms with Crippen LogP contribution in [0.5, 0.6) is 0 Å². The van der Waals surface area contributed by atoms with E-state index in [1.807, 2.05) is 6.92 Å². The number of carbonyl (C=O) groups excluding carboxylic acids is 1. The fourth-order valence-corrected chi connectivity index (χ4v) is 3.38. The summed E-state index contributed by atoms with van der Waals surface area (Å²) in [6.07, 6.45) is 6.03. The molecule has 1 aromatic heterocycles. The van der Waals surface area contributed by atoms with Crippen molar-refractivity contribution in [3.05, 3.63) is 66.0 Å². The number of aryl methyl sites for hydroxylation is 1. The van der Waals surface area contributed by atoms with Gasteiger partial charge in [-0.2, -0.15) is 0 Å². The molecule has 0 unspecified atom stereocenters. The molecule has 5 nitrogen and oxygen atoms in total. The van der Waals surface area contributed by atoms with E-state index in [1.165, 1.54) is 18.2 Å². The Labute approximate surface area is 136 Å². The van der Waals surface area contributed by atoms with E-state index in [1.54, 1.807) is 49.7 Å². The second kappa shape index (κ2) is 7.19. The third-order valence-electron chi connectivity index (χ3n) is 3.27. The number of sulfonamides is 1. The molecule has 6 heteroatoms. The summed E-state index contributed by atoms with van der Waals surface area (Å²) in [6, 6.07) is 9.89. The maximum Gasteiger partial charge on any atom is 0.266 e. The quantitative estimate of drug-likeness (QED) is 0.791. The molecule has 0 saturated heterocycles. The Balaban J connectivity index is 2.26. The molecule has 0 atom stereocenters. The van der Waals surface area contributed by atoms with Gasteiger partial charge in [0.2, 0.25) is 0 Å². The van der Waals surface area contributed by atoms with Gasteiger partial charge in [0.15, 0.2) is 0 Å². The first-order chi connectivity index (χ1) is 10.9. The van der Waals surface area contributed by atoms with Gasteiger partial charge in [0.1, 0.15) is 0 Å². The van der Waals surface area contributed by atoms with Crippen LogP contribution in [0, 0.1) is 6.92 Å². The molecule has 0 N–H and O–H groups in total. The van der Waals surface area contributed by atoms with Gasteiger partial charge >= 0.3 is 0 Å². The van der Waals surface area contributed by atoms with Crippen molar-refractivity contribution in [1.29, 1.82) is 0 Å². The Bertz CT molecular complexity index is 797. The first-order valence-corrected chi connectivity index (χ1v) is 8.60. The number of hydrogen-bond acceptors (Lipinski definition) is 4. The summed E-state index contributed by atoms with van der Waals surface area (Å²) in [5.74, 6) is -0.579. The van der Waals surface area contributed by atoms with E-state index in [9.17, 15) is 13.2 Å². The van der Waals surface area contributed by atoms with E-state index in [0.29, 0.717) is 0 Å². The van der Waals surface area contributed by atoms with Gasteiger partial charge in [-0.05, 0) is 49.8 Å². The van der Waals surface area contributed by atoms with Crippen LogP contribution in [0.1, 0.15) is 18.1 Å². The molecule has 1 amide bonds. The van der Waals surface area contributed by atoms with Crippen LogP contribution in [0.2, 0.25) is 0 Å². The van der Waals surface area contributed by atoms with Crippen molar-refractivity contribution < 1.29 is 13.2 Å². The van der Waals surface area contributed by atoms with Crippen LogP contribution in [-0.2, 0) is 14.8 Å². The van der Waals surface area contributed by atoms with Crippen molar-refractivity contribution in [3.63, 3.8) is 0 Å². The Morgan fingerprint density at radius 1 is 1.13 bits per heavy atom. The van der Waals surface area contributed by atoms with Gasteiger partial charge in [-0.3, -0.25) is 9.78 Å². The summed E-state index contributed by atoms with van der Waals surface area (Å²) in [5, 5.41) is 0. The number of nitrogens with zero attached hydrogens (tertiary/aromatic N) is 2. The molecular formula is C17H18N2O3S. The summed E-state index contributed by atoms with van der Waals surface area (Å²) in [4.78, 5) is 16.3. The van der Waals surface area contributed by atoms with Crippen LogP contribution in [0.3, 0.4) is 0 Å². The van der Waals surface area contributed by atoms with Gasteiger partial charge in [0.25, 0.3) is 15.9 Å². The van der Waals surface area contributed by atoms with Gasteiger partial charge in [-0.25, -0.2) is 12.7 Å². The van der Waals surface area contributed by atoms with E-state index in [0.717, 1.165) is 15.4 Å². The minimum atomic E-state index is -3.85. The van der Waals surface area contributed by atoms with Crippen LogP contribution in [-0.4, -0.2) is 30.2 Å². The molecule has 2 aromatic rings. The van der Waals surface area contributed by atoms with E-state index < -0.39 is 15.9 Å². The van der Waals surface area contributed by atoms with Crippen LogP contribution < -0.4 is 0 Å². The molecule has 0 bridgehead atoms. The lowest BCUT2D eigenvalue weighted by molar-refractivity contribution is -0.121. The lowest BCUT2D eigenvalue weighted by atomic mass is 10.2. The predicted molar refractivity (Wildman–Crippen MR) is 89.0 cm³/mol. The number of rotatable bonds is 5. The summed E-state index contributed by atoms with van der Waals surface area (Å²) >= 11 is 0. The second-order valence-corrected chi connectivity index (χ2v) is 6.80. The highest BCUT2D eigenvalue weighted by molar-refractivity contribution is 7.89. The van der Waals surface area contributed by atoms with E-state index in [2.05, 4.69) is 4.98 Å². The molecule has 0 spiro atoms. The van der Waals surface area contributed by atoms with Crippen LogP contribution in [0.15, 0.2) is 59.8 Å². The minimum Gasteiger partial charge on any atom is -0.269 e. The smallest absolute Gasteiger partial charge is 0.266 e. The zero-order chi connectivity index (χ0) is 16.9. The predicted octanol–water partition coefficient (Wildman–Crippen LogP) is 2.64. The standard InChI is InChI=1S/C17H18N2O3S/c1-3-19(17(20)9-6-15-10-12-18-13-11-15)23(21,22)16-7-4-14(2)5-8-16/h4-13H,3H2,1-2H3. The summed E-state index contributed by atoms with van der Waals surface area (Å²) in [5.41, 5.74) is 1.73. The van der Waals surface area contributed by atoms with Gasteiger partial charge in [-0.1, -0.05) is 17.7 Å². The highest BCUT2D eigenvalue weighted by atomic mass is 32.2. The van der Waals surface area contributed by atoms with Gasteiger partial charge in [0.05, 0.1) is 4.90 Å². The molecule has 0 fully saturated rings. The maximum absolute atomic E-state index is 12.6. The Hall–Kier alpha value is -2.47. The number of aromatic nitrogens is 1. The first-order valence-electron chi connectivity index (χ1n) is 7.16. The Morgan fingerprint density at radius 3 is 2.30 bits per heavy atom. The number of amides is 1. The molecular weight excluding hydrogens is 312 g/mol. The first kappa shape index (κ1) is 16.9. The van der Waals surface area contributed by atoms with E-state index in [-0.39, 0.29) is 11.4 Å². The highest BCUT2D eigenvalue weighted by Crippen LogP contribution is 2.17.